The van der Waals surface area contributed by atoms with E-state index >= 15 is 0 Å². The summed E-state index contributed by atoms with van der Waals surface area (Å²) in [7, 11) is -3.67. The number of aromatic amines is 1. The molecule has 3 rings (SSSR count). The second kappa shape index (κ2) is 5.20. The summed E-state index contributed by atoms with van der Waals surface area (Å²) in [5.74, 6) is 0. The van der Waals surface area contributed by atoms with Gasteiger partial charge in [-0.15, -0.1) is 0 Å². The molecule has 0 saturated carbocycles. The van der Waals surface area contributed by atoms with Gasteiger partial charge in [-0.25, -0.2) is 8.42 Å². The molecule has 0 aliphatic carbocycles. The number of benzene rings is 1. The standard InChI is InChI=1S/C13H14BrN3O3S/c14-10-6-16-13(18)9-2-1-3-11(12(9)10)21(19,20)17-5-4-8(15)7-17/h1-3,6,8H,4-5,7,15H2,(H,16,18). The summed E-state index contributed by atoms with van der Waals surface area (Å²) < 4.78 is 27.5. The zero-order valence-corrected chi connectivity index (χ0v) is 13.4. The summed E-state index contributed by atoms with van der Waals surface area (Å²) in [5, 5.41) is 0.746. The molecule has 1 aliphatic heterocycles. The quantitative estimate of drug-likeness (QED) is 0.823. The van der Waals surface area contributed by atoms with Gasteiger partial charge in [-0.3, -0.25) is 4.79 Å². The summed E-state index contributed by atoms with van der Waals surface area (Å²) in [4.78, 5) is 14.6. The van der Waals surface area contributed by atoms with Crippen molar-refractivity contribution in [1.82, 2.24) is 9.29 Å². The predicted octanol–water partition coefficient (Wildman–Crippen LogP) is 1.01. The van der Waals surface area contributed by atoms with Crippen molar-refractivity contribution in [3.8, 4) is 0 Å². The number of hydrogen-bond donors (Lipinski definition) is 2. The lowest BCUT2D eigenvalue weighted by Crippen LogP contribution is -2.32. The van der Waals surface area contributed by atoms with Gasteiger partial charge in [0.25, 0.3) is 5.56 Å². The van der Waals surface area contributed by atoms with Crippen LogP contribution in [0.2, 0.25) is 0 Å². The normalized spacial score (nSPS) is 20.2. The summed E-state index contributed by atoms with van der Waals surface area (Å²) in [5.41, 5.74) is 5.48. The number of hydrogen-bond acceptors (Lipinski definition) is 4. The number of sulfonamides is 1. The van der Waals surface area contributed by atoms with Gasteiger partial charge in [-0.05, 0) is 34.5 Å². The molecule has 1 aromatic carbocycles. The van der Waals surface area contributed by atoms with Crippen LogP contribution in [0.4, 0.5) is 0 Å². The maximum absolute atomic E-state index is 12.8. The highest BCUT2D eigenvalue weighted by Crippen LogP contribution is 2.30. The number of nitrogens with two attached hydrogens (primary N) is 1. The first-order valence-electron chi connectivity index (χ1n) is 6.47. The van der Waals surface area contributed by atoms with Crippen LogP contribution in [0, 0.1) is 0 Å². The highest BCUT2D eigenvalue weighted by atomic mass is 79.9. The molecule has 0 amide bonds. The lowest BCUT2D eigenvalue weighted by atomic mass is 10.2. The molecule has 2 heterocycles. The van der Waals surface area contributed by atoms with E-state index in [1.54, 1.807) is 12.1 Å². The topological polar surface area (TPSA) is 96.3 Å². The zero-order chi connectivity index (χ0) is 15.2. The highest BCUT2D eigenvalue weighted by Gasteiger charge is 2.32. The number of aromatic nitrogens is 1. The van der Waals surface area contributed by atoms with Crippen molar-refractivity contribution >= 4 is 36.7 Å². The van der Waals surface area contributed by atoms with Crippen LogP contribution < -0.4 is 11.3 Å². The van der Waals surface area contributed by atoms with Gasteiger partial charge >= 0.3 is 0 Å². The third-order valence-electron chi connectivity index (χ3n) is 3.64. The van der Waals surface area contributed by atoms with E-state index in [1.165, 1.54) is 16.6 Å². The van der Waals surface area contributed by atoms with Crippen LogP contribution in [0.3, 0.4) is 0 Å². The number of nitrogens with zero attached hydrogens (tertiary/aromatic N) is 1. The van der Waals surface area contributed by atoms with Gasteiger partial charge in [-0.2, -0.15) is 4.31 Å². The molecule has 8 heteroatoms. The average Bonchev–Trinajstić information content (AvgIpc) is 2.90. The molecule has 1 aliphatic rings. The van der Waals surface area contributed by atoms with Gasteiger partial charge in [0.15, 0.2) is 0 Å². The minimum atomic E-state index is -3.67. The van der Waals surface area contributed by atoms with Crippen molar-refractivity contribution < 1.29 is 8.42 Å². The third kappa shape index (κ3) is 2.42. The molecule has 112 valence electrons. The molecule has 6 nitrogen and oxygen atoms in total. The van der Waals surface area contributed by atoms with Crippen LogP contribution in [-0.4, -0.2) is 36.8 Å². The maximum atomic E-state index is 12.8. The molecule has 1 aromatic heterocycles. The molecular formula is C13H14BrN3O3S. The fourth-order valence-corrected chi connectivity index (χ4v) is 4.98. The molecule has 2 aromatic rings. The number of H-pyrrole nitrogens is 1. The van der Waals surface area contributed by atoms with Crippen molar-refractivity contribution in [3.63, 3.8) is 0 Å². The Morgan fingerprint density at radius 1 is 1.38 bits per heavy atom. The van der Waals surface area contributed by atoms with Gasteiger partial charge in [-0.1, -0.05) is 6.07 Å². The number of pyridine rings is 1. The Kier molecular flexibility index (Phi) is 3.64. The van der Waals surface area contributed by atoms with Crippen LogP contribution in [0.1, 0.15) is 6.42 Å². The lowest BCUT2D eigenvalue weighted by Gasteiger charge is -2.17. The monoisotopic (exact) mass is 371 g/mol. The number of fused-ring (bicyclic) bond motifs is 1. The molecule has 3 N–H and O–H groups in total. The van der Waals surface area contributed by atoms with Gasteiger partial charge < -0.3 is 10.7 Å². The van der Waals surface area contributed by atoms with Gasteiger partial charge in [0.2, 0.25) is 10.0 Å². The first kappa shape index (κ1) is 14.7. The third-order valence-corrected chi connectivity index (χ3v) is 6.18. The van der Waals surface area contributed by atoms with E-state index in [1.807, 2.05) is 0 Å². The Bertz CT molecular complexity index is 863. The predicted molar refractivity (Wildman–Crippen MR) is 83.6 cm³/mol. The Balaban J connectivity index is 2.26. The van der Waals surface area contributed by atoms with Crippen molar-refractivity contribution in [2.75, 3.05) is 13.1 Å². The summed E-state index contributed by atoms with van der Waals surface area (Å²) >= 11 is 3.32. The van der Waals surface area contributed by atoms with E-state index in [-0.39, 0.29) is 16.5 Å². The van der Waals surface area contributed by atoms with E-state index in [2.05, 4.69) is 20.9 Å². The Morgan fingerprint density at radius 2 is 2.14 bits per heavy atom. The van der Waals surface area contributed by atoms with Crippen LogP contribution >= 0.6 is 15.9 Å². The van der Waals surface area contributed by atoms with Gasteiger partial charge in [0, 0.05) is 40.6 Å². The van der Waals surface area contributed by atoms with Crippen LogP contribution in [0.25, 0.3) is 10.8 Å². The largest absolute Gasteiger partial charge is 0.327 e. The van der Waals surface area contributed by atoms with Crippen molar-refractivity contribution in [1.29, 1.82) is 0 Å². The van der Waals surface area contributed by atoms with Crippen LogP contribution in [0.5, 0.6) is 0 Å². The minimum Gasteiger partial charge on any atom is -0.327 e. The Hall–Kier alpha value is -1.22. The molecule has 21 heavy (non-hydrogen) atoms. The van der Waals surface area contributed by atoms with Crippen molar-refractivity contribution in [2.45, 2.75) is 17.4 Å². The smallest absolute Gasteiger partial charge is 0.255 e. The molecule has 1 atom stereocenters. The number of nitrogens with one attached hydrogen (secondary N) is 1. The molecule has 0 radical (unpaired) electrons. The van der Waals surface area contributed by atoms with Gasteiger partial charge in [0.05, 0.1) is 4.90 Å². The fraction of sp³-hybridized carbons (Fsp3) is 0.308. The first-order valence-corrected chi connectivity index (χ1v) is 8.70. The van der Waals surface area contributed by atoms with Gasteiger partial charge in [0.1, 0.15) is 0 Å². The zero-order valence-electron chi connectivity index (χ0n) is 11.0. The number of halogens is 1. The van der Waals surface area contributed by atoms with Crippen molar-refractivity contribution in [3.05, 3.63) is 39.2 Å². The van der Waals surface area contributed by atoms with Crippen molar-refractivity contribution in [2.24, 2.45) is 5.73 Å². The van der Waals surface area contributed by atoms with E-state index in [0.29, 0.717) is 34.8 Å². The lowest BCUT2D eigenvalue weighted by molar-refractivity contribution is 0.473. The van der Waals surface area contributed by atoms with E-state index in [0.717, 1.165) is 0 Å². The van der Waals surface area contributed by atoms with E-state index in [9.17, 15) is 13.2 Å². The summed E-state index contributed by atoms with van der Waals surface area (Å²) in [6.07, 6.45) is 2.10. The second-order valence-corrected chi connectivity index (χ2v) is 7.82. The SMILES string of the molecule is NC1CCN(S(=O)(=O)c2cccc3c(=O)[nH]cc(Br)c23)C1. The van der Waals surface area contributed by atoms with Crippen LogP contribution in [-0.2, 0) is 10.0 Å². The summed E-state index contributed by atoms with van der Waals surface area (Å²) in [6, 6.07) is 4.56. The average molecular weight is 372 g/mol. The first-order chi connectivity index (χ1) is 9.91. The van der Waals surface area contributed by atoms with E-state index in [4.69, 9.17) is 5.73 Å². The second-order valence-electron chi connectivity index (χ2n) is 5.06. The molecular weight excluding hydrogens is 358 g/mol. The molecule has 1 fully saturated rings. The fourth-order valence-electron chi connectivity index (χ4n) is 2.57. The maximum Gasteiger partial charge on any atom is 0.255 e. The Labute approximate surface area is 130 Å². The molecule has 0 spiro atoms. The summed E-state index contributed by atoms with van der Waals surface area (Å²) in [6.45, 7) is 0.709. The number of rotatable bonds is 2. The van der Waals surface area contributed by atoms with Crippen LogP contribution in [0.15, 0.2) is 38.6 Å². The molecule has 1 unspecified atom stereocenters. The molecule has 1 saturated heterocycles. The Morgan fingerprint density at radius 3 is 2.81 bits per heavy atom. The minimum absolute atomic E-state index is 0.132. The highest BCUT2D eigenvalue weighted by molar-refractivity contribution is 9.10. The van der Waals surface area contributed by atoms with E-state index < -0.39 is 10.0 Å². The molecule has 0 bridgehead atoms.